The fourth-order valence-electron chi connectivity index (χ4n) is 2.32. The maximum absolute atomic E-state index is 13.8. The van der Waals surface area contributed by atoms with Gasteiger partial charge in [0.25, 0.3) is 0 Å². The zero-order valence-corrected chi connectivity index (χ0v) is 12.9. The Morgan fingerprint density at radius 2 is 2.15 bits per heavy atom. The molecule has 1 aromatic carbocycles. The molecule has 0 radical (unpaired) electrons. The molecule has 20 heavy (non-hydrogen) atoms. The first-order valence-electron chi connectivity index (χ1n) is 6.75. The lowest BCUT2D eigenvalue weighted by Crippen LogP contribution is -2.22. The van der Waals surface area contributed by atoms with Crippen LogP contribution in [0.25, 0.3) is 0 Å². The molecule has 1 N–H and O–H groups in total. The molecule has 1 heterocycles. The molecule has 0 saturated carbocycles. The van der Waals surface area contributed by atoms with E-state index in [2.05, 4.69) is 30.6 Å². The molecule has 0 aliphatic heterocycles. The van der Waals surface area contributed by atoms with Crippen LogP contribution in [0.3, 0.4) is 0 Å². The van der Waals surface area contributed by atoms with Crippen molar-refractivity contribution in [1.82, 2.24) is 5.32 Å². The zero-order chi connectivity index (χ0) is 14.5. The van der Waals surface area contributed by atoms with Crippen LogP contribution in [0.5, 0.6) is 5.75 Å². The maximum Gasteiger partial charge on any atom is 0.165 e. The minimum Gasteiger partial charge on any atom is -0.494 e. The van der Waals surface area contributed by atoms with Gasteiger partial charge in [-0.25, -0.2) is 4.39 Å². The number of methoxy groups -OCH3 is 1. The third kappa shape index (κ3) is 3.38. The molecule has 1 unspecified atom stereocenters. The number of halogens is 1. The minimum atomic E-state index is -0.303. The van der Waals surface area contributed by atoms with Crippen LogP contribution >= 0.6 is 11.3 Å². The molecule has 0 bridgehead atoms. The zero-order valence-electron chi connectivity index (χ0n) is 12.1. The van der Waals surface area contributed by atoms with Gasteiger partial charge in [0.15, 0.2) is 11.6 Å². The molecule has 1 atom stereocenters. The van der Waals surface area contributed by atoms with Gasteiger partial charge in [0, 0.05) is 10.9 Å². The van der Waals surface area contributed by atoms with Gasteiger partial charge in [0.1, 0.15) is 0 Å². The Balaban J connectivity index is 2.20. The third-order valence-corrected chi connectivity index (χ3v) is 4.46. The van der Waals surface area contributed by atoms with E-state index < -0.39 is 0 Å². The highest BCUT2D eigenvalue weighted by Gasteiger charge is 2.15. The summed E-state index contributed by atoms with van der Waals surface area (Å²) in [6.45, 7) is 5.09. The predicted molar refractivity (Wildman–Crippen MR) is 82.1 cm³/mol. The van der Waals surface area contributed by atoms with Gasteiger partial charge in [-0.2, -0.15) is 0 Å². The molecule has 4 heteroatoms. The fourth-order valence-corrected chi connectivity index (χ4v) is 3.32. The van der Waals surface area contributed by atoms with E-state index in [0.29, 0.717) is 5.75 Å². The highest BCUT2D eigenvalue weighted by molar-refractivity contribution is 7.10. The average molecular weight is 293 g/mol. The van der Waals surface area contributed by atoms with Crippen molar-refractivity contribution in [3.05, 3.63) is 51.5 Å². The second-order valence-corrected chi connectivity index (χ2v) is 5.70. The highest BCUT2D eigenvalue weighted by Crippen LogP contribution is 2.28. The quantitative estimate of drug-likeness (QED) is 0.866. The normalized spacial score (nSPS) is 12.4. The van der Waals surface area contributed by atoms with Crippen LogP contribution in [0.2, 0.25) is 0 Å². The summed E-state index contributed by atoms with van der Waals surface area (Å²) in [6, 6.07) is 7.53. The number of nitrogens with one attached hydrogen (secondary N) is 1. The molecule has 0 fully saturated rings. The van der Waals surface area contributed by atoms with Crippen molar-refractivity contribution in [2.75, 3.05) is 13.7 Å². The largest absolute Gasteiger partial charge is 0.494 e. The van der Waals surface area contributed by atoms with E-state index in [4.69, 9.17) is 4.74 Å². The number of hydrogen-bond acceptors (Lipinski definition) is 3. The Kier molecular flexibility index (Phi) is 5.15. The van der Waals surface area contributed by atoms with E-state index in [1.807, 2.05) is 6.07 Å². The van der Waals surface area contributed by atoms with Crippen molar-refractivity contribution in [1.29, 1.82) is 0 Å². The van der Waals surface area contributed by atoms with Gasteiger partial charge in [-0.05, 0) is 54.6 Å². The van der Waals surface area contributed by atoms with Crippen molar-refractivity contribution in [3.63, 3.8) is 0 Å². The molecular weight excluding hydrogens is 273 g/mol. The number of rotatable bonds is 6. The Morgan fingerprint density at radius 3 is 2.70 bits per heavy atom. The minimum absolute atomic E-state index is 0.229. The topological polar surface area (TPSA) is 21.3 Å². The van der Waals surface area contributed by atoms with E-state index >= 15 is 0 Å². The average Bonchev–Trinajstić information content (AvgIpc) is 2.85. The van der Waals surface area contributed by atoms with Crippen molar-refractivity contribution < 1.29 is 9.13 Å². The van der Waals surface area contributed by atoms with E-state index in [1.165, 1.54) is 17.6 Å². The predicted octanol–water partition coefficient (Wildman–Crippen LogP) is 4.10. The van der Waals surface area contributed by atoms with Crippen LogP contribution in [-0.4, -0.2) is 13.7 Å². The van der Waals surface area contributed by atoms with Crippen LogP contribution in [-0.2, 0) is 6.42 Å². The molecule has 0 saturated heterocycles. The third-order valence-electron chi connectivity index (χ3n) is 3.32. The van der Waals surface area contributed by atoms with Crippen molar-refractivity contribution >= 4 is 11.3 Å². The monoisotopic (exact) mass is 293 g/mol. The molecule has 0 amide bonds. The first-order valence-corrected chi connectivity index (χ1v) is 7.63. The molecule has 2 rings (SSSR count). The number of ether oxygens (including phenoxy) is 1. The van der Waals surface area contributed by atoms with E-state index in [9.17, 15) is 4.39 Å². The number of benzene rings is 1. The van der Waals surface area contributed by atoms with Gasteiger partial charge >= 0.3 is 0 Å². The smallest absolute Gasteiger partial charge is 0.165 e. The molecule has 0 aliphatic rings. The molecular formula is C16H20FNOS. The maximum atomic E-state index is 13.8. The van der Waals surface area contributed by atoms with Gasteiger partial charge in [-0.3, -0.25) is 0 Å². The van der Waals surface area contributed by atoms with Crippen molar-refractivity contribution in [2.45, 2.75) is 26.3 Å². The Labute approximate surface area is 123 Å². The number of likely N-dealkylation sites (N-methyl/N-ethyl adjacent to an activating group) is 1. The van der Waals surface area contributed by atoms with Gasteiger partial charge in [0.05, 0.1) is 7.11 Å². The SMILES string of the molecule is CCNC(Cc1ccc(OC)c(F)c1)c1sccc1C. The van der Waals surface area contributed by atoms with Crippen LogP contribution < -0.4 is 10.1 Å². The summed E-state index contributed by atoms with van der Waals surface area (Å²) < 4.78 is 18.7. The lowest BCUT2D eigenvalue weighted by Gasteiger charge is -2.18. The van der Waals surface area contributed by atoms with Crippen LogP contribution in [0.4, 0.5) is 4.39 Å². The molecule has 1 aromatic heterocycles. The summed E-state index contributed by atoms with van der Waals surface area (Å²) >= 11 is 1.75. The summed E-state index contributed by atoms with van der Waals surface area (Å²) in [4.78, 5) is 1.32. The van der Waals surface area contributed by atoms with E-state index in [-0.39, 0.29) is 11.9 Å². The van der Waals surface area contributed by atoms with Crippen LogP contribution in [0, 0.1) is 12.7 Å². The summed E-state index contributed by atoms with van der Waals surface area (Å²) in [5.41, 5.74) is 2.26. The van der Waals surface area contributed by atoms with Gasteiger partial charge in [-0.15, -0.1) is 11.3 Å². The highest BCUT2D eigenvalue weighted by atomic mass is 32.1. The molecule has 2 aromatic rings. The first kappa shape index (κ1) is 15.0. The summed E-state index contributed by atoms with van der Waals surface area (Å²) in [5, 5.41) is 5.58. The van der Waals surface area contributed by atoms with Gasteiger partial charge in [0.2, 0.25) is 0 Å². The number of aryl methyl sites for hydroxylation is 1. The Hall–Kier alpha value is -1.39. The summed E-state index contributed by atoms with van der Waals surface area (Å²) in [5.74, 6) is -0.01000. The van der Waals surface area contributed by atoms with Crippen LogP contribution in [0.1, 0.15) is 29.0 Å². The number of thiophene rings is 1. The lowest BCUT2D eigenvalue weighted by atomic mass is 10.0. The van der Waals surface area contributed by atoms with Crippen molar-refractivity contribution in [3.8, 4) is 5.75 Å². The Bertz CT molecular complexity index is 567. The lowest BCUT2D eigenvalue weighted by molar-refractivity contribution is 0.386. The Morgan fingerprint density at radius 1 is 1.35 bits per heavy atom. The van der Waals surface area contributed by atoms with Gasteiger partial charge < -0.3 is 10.1 Å². The van der Waals surface area contributed by atoms with Gasteiger partial charge in [-0.1, -0.05) is 13.0 Å². The molecule has 2 nitrogen and oxygen atoms in total. The van der Waals surface area contributed by atoms with E-state index in [0.717, 1.165) is 18.5 Å². The number of hydrogen-bond donors (Lipinski definition) is 1. The summed E-state index contributed by atoms with van der Waals surface area (Å²) in [7, 11) is 1.48. The molecule has 0 aliphatic carbocycles. The first-order chi connectivity index (χ1) is 9.65. The van der Waals surface area contributed by atoms with E-state index in [1.54, 1.807) is 23.5 Å². The second kappa shape index (κ2) is 6.86. The fraction of sp³-hybridized carbons (Fsp3) is 0.375. The molecule has 108 valence electrons. The second-order valence-electron chi connectivity index (χ2n) is 4.75. The van der Waals surface area contributed by atoms with Crippen molar-refractivity contribution in [2.24, 2.45) is 0 Å². The standard InChI is InChI=1S/C16H20FNOS/c1-4-18-14(16-11(2)7-8-20-16)10-12-5-6-15(19-3)13(17)9-12/h5-9,14,18H,4,10H2,1-3H3. The molecule has 0 spiro atoms. The summed E-state index contributed by atoms with van der Waals surface area (Å²) in [6.07, 6.45) is 0.774. The van der Waals surface area contributed by atoms with Crippen LogP contribution in [0.15, 0.2) is 29.6 Å².